The van der Waals surface area contributed by atoms with Gasteiger partial charge in [-0.25, -0.2) is 9.59 Å². The molecule has 2 aromatic rings. The molecule has 0 saturated heterocycles. The predicted molar refractivity (Wildman–Crippen MR) is 89.6 cm³/mol. The lowest BCUT2D eigenvalue weighted by Crippen LogP contribution is -2.41. The third-order valence-corrected chi connectivity index (χ3v) is 3.40. The van der Waals surface area contributed by atoms with Crippen molar-refractivity contribution in [2.75, 3.05) is 7.05 Å². The van der Waals surface area contributed by atoms with E-state index in [1.54, 1.807) is 42.5 Å². The molecule has 0 aliphatic rings. The standard InChI is InChI=1S/C18H18N2O5/c1-19-18(24)20-16(22)15(13-5-3-2-4-6-13)25-17(23)14-9-7-12(11-21)8-10-14/h2-10,15,21H,11H2,1H3,(H2,19,20,22,24)/t15-/m0/s1. The summed E-state index contributed by atoms with van der Waals surface area (Å²) in [5, 5.41) is 13.4. The van der Waals surface area contributed by atoms with Crippen molar-refractivity contribution in [1.82, 2.24) is 10.6 Å². The van der Waals surface area contributed by atoms with E-state index in [4.69, 9.17) is 9.84 Å². The van der Waals surface area contributed by atoms with E-state index in [1.807, 2.05) is 0 Å². The van der Waals surface area contributed by atoms with Crippen LogP contribution in [-0.2, 0) is 16.1 Å². The molecule has 0 spiro atoms. The zero-order valence-electron chi connectivity index (χ0n) is 13.6. The Labute approximate surface area is 144 Å². The molecule has 7 heteroatoms. The molecule has 3 amide bonds. The van der Waals surface area contributed by atoms with E-state index >= 15 is 0 Å². The SMILES string of the molecule is CNC(=O)NC(=O)[C@@H](OC(=O)c1ccc(CO)cc1)c1ccccc1. The number of amides is 3. The number of benzene rings is 2. The molecule has 2 rings (SSSR count). The van der Waals surface area contributed by atoms with E-state index in [9.17, 15) is 14.4 Å². The zero-order chi connectivity index (χ0) is 18.2. The number of imide groups is 1. The third-order valence-electron chi connectivity index (χ3n) is 3.40. The van der Waals surface area contributed by atoms with E-state index < -0.39 is 24.0 Å². The van der Waals surface area contributed by atoms with Gasteiger partial charge < -0.3 is 15.2 Å². The molecular weight excluding hydrogens is 324 g/mol. The summed E-state index contributed by atoms with van der Waals surface area (Å²) in [7, 11) is 1.37. The number of nitrogens with one attached hydrogen (secondary N) is 2. The number of esters is 1. The van der Waals surface area contributed by atoms with Crippen LogP contribution in [0.15, 0.2) is 54.6 Å². The second kappa shape index (κ2) is 8.60. The smallest absolute Gasteiger partial charge is 0.339 e. The van der Waals surface area contributed by atoms with Crippen LogP contribution in [0.5, 0.6) is 0 Å². The van der Waals surface area contributed by atoms with Gasteiger partial charge in [0.15, 0.2) is 0 Å². The maximum atomic E-state index is 12.3. The van der Waals surface area contributed by atoms with E-state index in [0.717, 1.165) is 0 Å². The molecule has 0 aliphatic carbocycles. The van der Waals surface area contributed by atoms with Crippen molar-refractivity contribution in [3.8, 4) is 0 Å². The van der Waals surface area contributed by atoms with Gasteiger partial charge in [-0.1, -0.05) is 42.5 Å². The quantitative estimate of drug-likeness (QED) is 0.715. The summed E-state index contributed by atoms with van der Waals surface area (Å²) in [4.78, 5) is 36.0. The van der Waals surface area contributed by atoms with E-state index in [2.05, 4.69) is 10.6 Å². The number of rotatable bonds is 5. The normalized spacial score (nSPS) is 11.3. The van der Waals surface area contributed by atoms with E-state index in [0.29, 0.717) is 11.1 Å². The second-order valence-corrected chi connectivity index (χ2v) is 5.12. The monoisotopic (exact) mass is 342 g/mol. The molecular formula is C18H18N2O5. The fourth-order valence-corrected chi connectivity index (χ4v) is 2.06. The minimum absolute atomic E-state index is 0.142. The summed E-state index contributed by atoms with van der Waals surface area (Å²) in [6.45, 7) is -0.142. The summed E-state index contributed by atoms with van der Waals surface area (Å²) in [6.07, 6.45) is -1.27. The Bertz CT molecular complexity index is 744. The number of ether oxygens (including phenoxy) is 1. The van der Waals surface area contributed by atoms with Crippen LogP contribution in [0.3, 0.4) is 0 Å². The van der Waals surface area contributed by atoms with Crippen molar-refractivity contribution >= 4 is 17.9 Å². The van der Waals surface area contributed by atoms with Gasteiger partial charge in [-0.05, 0) is 17.7 Å². The average Bonchev–Trinajstić information content (AvgIpc) is 2.66. The van der Waals surface area contributed by atoms with Crippen LogP contribution in [0, 0.1) is 0 Å². The van der Waals surface area contributed by atoms with Crippen LogP contribution in [0.25, 0.3) is 0 Å². The Morgan fingerprint density at radius 2 is 1.68 bits per heavy atom. The van der Waals surface area contributed by atoms with Gasteiger partial charge >= 0.3 is 12.0 Å². The number of hydrogen-bond donors (Lipinski definition) is 3. The van der Waals surface area contributed by atoms with Gasteiger partial charge in [-0.15, -0.1) is 0 Å². The van der Waals surface area contributed by atoms with Crippen LogP contribution in [0.1, 0.15) is 27.6 Å². The Hall–Kier alpha value is -3.19. The van der Waals surface area contributed by atoms with Crippen molar-refractivity contribution in [3.05, 3.63) is 71.3 Å². The summed E-state index contributed by atoms with van der Waals surface area (Å²) >= 11 is 0. The van der Waals surface area contributed by atoms with Gasteiger partial charge in [0.25, 0.3) is 5.91 Å². The molecule has 3 N–H and O–H groups in total. The van der Waals surface area contributed by atoms with Gasteiger partial charge in [-0.3, -0.25) is 10.1 Å². The first-order valence-electron chi connectivity index (χ1n) is 7.53. The maximum Gasteiger partial charge on any atom is 0.339 e. The van der Waals surface area contributed by atoms with Gasteiger partial charge in [0.2, 0.25) is 6.10 Å². The largest absolute Gasteiger partial charge is 0.444 e. The first-order valence-corrected chi connectivity index (χ1v) is 7.53. The molecule has 0 saturated carbocycles. The van der Waals surface area contributed by atoms with Crippen LogP contribution in [0.4, 0.5) is 4.79 Å². The molecule has 25 heavy (non-hydrogen) atoms. The second-order valence-electron chi connectivity index (χ2n) is 5.12. The van der Waals surface area contributed by atoms with Crippen molar-refractivity contribution in [2.45, 2.75) is 12.7 Å². The Morgan fingerprint density at radius 3 is 2.24 bits per heavy atom. The molecule has 0 fully saturated rings. The van der Waals surface area contributed by atoms with Crippen LogP contribution in [-0.4, -0.2) is 30.1 Å². The molecule has 0 heterocycles. The molecule has 0 bridgehead atoms. The number of aliphatic hydroxyl groups is 1. The summed E-state index contributed by atoms with van der Waals surface area (Å²) in [5.74, 6) is -1.48. The first-order chi connectivity index (χ1) is 12.0. The molecule has 0 aliphatic heterocycles. The van der Waals surface area contributed by atoms with Crippen LogP contribution in [0.2, 0.25) is 0 Å². The van der Waals surface area contributed by atoms with Crippen molar-refractivity contribution in [2.24, 2.45) is 0 Å². The minimum atomic E-state index is -1.27. The summed E-state index contributed by atoms with van der Waals surface area (Å²) in [6, 6.07) is 13.8. The zero-order valence-corrected chi connectivity index (χ0v) is 13.6. The summed E-state index contributed by atoms with van der Waals surface area (Å²) in [5.41, 5.74) is 1.31. The molecule has 2 aromatic carbocycles. The minimum Gasteiger partial charge on any atom is -0.444 e. The van der Waals surface area contributed by atoms with Gasteiger partial charge in [0.1, 0.15) is 0 Å². The number of aliphatic hydroxyl groups excluding tert-OH is 1. The summed E-state index contributed by atoms with van der Waals surface area (Å²) < 4.78 is 5.31. The van der Waals surface area contributed by atoms with Crippen molar-refractivity contribution < 1.29 is 24.2 Å². The van der Waals surface area contributed by atoms with Crippen molar-refractivity contribution in [3.63, 3.8) is 0 Å². The molecule has 0 radical (unpaired) electrons. The van der Waals surface area contributed by atoms with Gasteiger partial charge in [0, 0.05) is 12.6 Å². The van der Waals surface area contributed by atoms with E-state index in [1.165, 1.54) is 19.2 Å². The third kappa shape index (κ3) is 4.89. The van der Waals surface area contributed by atoms with Crippen LogP contribution >= 0.6 is 0 Å². The lowest BCUT2D eigenvalue weighted by atomic mass is 10.1. The number of carbonyl (C=O) groups excluding carboxylic acids is 3. The molecule has 0 aromatic heterocycles. The lowest BCUT2D eigenvalue weighted by molar-refractivity contribution is -0.129. The van der Waals surface area contributed by atoms with Crippen molar-refractivity contribution in [1.29, 1.82) is 0 Å². The number of hydrogen-bond acceptors (Lipinski definition) is 5. The highest BCUT2D eigenvalue weighted by atomic mass is 16.5. The molecule has 130 valence electrons. The number of urea groups is 1. The molecule has 7 nitrogen and oxygen atoms in total. The lowest BCUT2D eigenvalue weighted by Gasteiger charge is -2.17. The molecule has 1 atom stereocenters. The maximum absolute atomic E-state index is 12.3. The fourth-order valence-electron chi connectivity index (χ4n) is 2.06. The first kappa shape index (κ1) is 18.2. The number of carbonyl (C=O) groups is 3. The Kier molecular flexibility index (Phi) is 6.25. The van der Waals surface area contributed by atoms with E-state index in [-0.39, 0.29) is 12.2 Å². The average molecular weight is 342 g/mol. The Morgan fingerprint density at radius 1 is 1.04 bits per heavy atom. The fraction of sp³-hybridized carbons (Fsp3) is 0.167. The highest BCUT2D eigenvalue weighted by Crippen LogP contribution is 2.20. The Balaban J connectivity index is 2.21. The topological polar surface area (TPSA) is 105 Å². The van der Waals surface area contributed by atoms with Gasteiger partial charge in [0.05, 0.1) is 12.2 Å². The van der Waals surface area contributed by atoms with Gasteiger partial charge in [-0.2, -0.15) is 0 Å². The highest BCUT2D eigenvalue weighted by molar-refractivity contribution is 5.99. The predicted octanol–water partition coefficient (Wildman–Crippen LogP) is 1.53. The van der Waals surface area contributed by atoms with Crippen LogP contribution < -0.4 is 10.6 Å². The molecule has 0 unspecified atom stereocenters. The highest BCUT2D eigenvalue weighted by Gasteiger charge is 2.26.